The zero-order chi connectivity index (χ0) is 9.97. The van der Waals surface area contributed by atoms with E-state index < -0.39 is 6.10 Å². The number of rotatable bonds is 4. The smallest absolute Gasteiger partial charge is 0.115 e. The average Bonchev–Trinajstić information content (AvgIpc) is 2.99. The van der Waals surface area contributed by atoms with Crippen LogP contribution in [-0.4, -0.2) is 17.3 Å². The second-order valence-electron chi connectivity index (χ2n) is 3.52. The van der Waals surface area contributed by atoms with Gasteiger partial charge in [-0.15, -0.1) is 6.58 Å². The first-order chi connectivity index (χ1) is 6.83. The van der Waals surface area contributed by atoms with Gasteiger partial charge in [-0.05, 0) is 12.0 Å². The van der Waals surface area contributed by atoms with Crippen LogP contribution >= 0.6 is 0 Å². The van der Waals surface area contributed by atoms with Gasteiger partial charge in [0, 0.05) is 0 Å². The van der Waals surface area contributed by atoms with Crippen molar-refractivity contribution in [2.45, 2.75) is 24.7 Å². The van der Waals surface area contributed by atoms with Crippen molar-refractivity contribution < 1.29 is 9.84 Å². The van der Waals surface area contributed by atoms with Crippen molar-refractivity contribution in [1.29, 1.82) is 0 Å². The van der Waals surface area contributed by atoms with E-state index >= 15 is 0 Å². The minimum absolute atomic E-state index is 0.0459. The summed E-state index contributed by atoms with van der Waals surface area (Å²) in [5.41, 5.74) is 1.14. The van der Waals surface area contributed by atoms with E-state index in [4.69, 9.17) is 4.74 Å². The molecule has 3 atom stereocenters. The number of aliphatic hydroxyl groups is 1. The number of benzene rings is 1. The maximum Gasteiger partial charge on any atom is 0.115 e. The van der Waals surface area contributed by atoms with Gasteiger partial charge in [0.05, 0.1) is 6.10 Å². The van der Waals surface area contributed by atoms with E-state index in [1.807, 2.05) is 30.3 Å². The third-order valence-corrected chi connectivity index (χ3v) is 2.44. The molecule has 0 saturated carbocycles. The van der Waals surface area contributed by atoms with Crippen molar-refractivity contribution in [3.63, 3.8) is 0 Å². The fraction of sp³-hybridized carbons (Fsp3) is 0.333. The molecule has 0 bridgehead atoms. The maximum absolute atomic E-state index is 9.62. The molecule has 1 N–H and O–H groups in total. The summed E-state index contributed by atoms with van der Waals surface area (Å²) in [6, 6.07) is 9.97. The van der Waals surface area contributed by atoms with Crippen LogP contribution in [0.4, 0.5) is 0 Å². The van der Waals surface area contributed by atoms with E-state index in [0.717, 1.165) is 5.56 Å². The van der Waals surface area contributed by atoms with E-state index in [9.17, 15) is 5.11 Å². The normalized spacial score (nSPS) is 26.9. The van der Waals surface area contributed by atoms with Crippen molar-refractivity contribution >= 4 is 0 Å². The molecule has 0 amide bonds. The monoisotopic (exact) mass is 190 g/mol. The van der Waals surface area contributed by atoms with Crippen molar-refractivity contribution in [3.8, 4) is 0 Å². The lowest BCUT2D eigenvalue weighted by Gasteiger charge is -2.02. The summed E-state index contributed by atoms with van der Waals surface area (Å²) >= 11 is 0. The van der Waals surface area contributed by atoms with Crippen LogP contribution in [0, 0.1) is 0 Å². The Hall–Kier alpha value is -1.12. The molecule has 0 radical (unpaired) electrons. The van der Waals surface area contributed by atoms with Gasteiger partial charge in [-0.3, -0.25) is 0 Å². The molecular formula is C12H14O2. The molecule has 74 valence electrons. The summed E-state index contributed by atoms with van der Waals surface area (Å²) in [4.78, 5) is 0. The third-order valence-electron chi connectivity index (χ3n) is 2.44. The van der Waals surface area contributed by atoms with Gasteiger partial charge in [-0.1, -0.05) is 36.4 Å². The lowest BCUT2D eigenvalue weighted by molar-refractivity contribution is 0.138. The Morgan fingerprint density at radius 1 is 1.43 bits per heavy atom. The van der Waals surface area contributed by atoms with Gasteiger partial charge in [0.1, 0.15) is 12.2 Å². The summed E-state index contributed by atoms with van der Waals surface area (Å²) < 4.78 is 5.42. The molecular weight excluding hydrogens is 176 g/mol. The van der Waals surface area contributed by atoms with Crippen LogP contribution in [0.3, 0.4) is 0 Å². The first-order valence-corrected chi connectivity index (χ1v) is 4.82. The molecule has 1 aromatic carbocycles. The van der Waals surface area contributed by atoms with Crippen LogP contribution in [-0.2, 0) is 4.74 Å². The summed E-state index contributed by atoms with van der Waals surface area (Å²) in [6.07, 6.45) is 1.92. The largest absolute Gasteiger partial charge is 0.390 e. The number of hydrogen-bond acceptors (Lipinski definition) is 2. The first kappa shape index (κ1) is 9.44. The molecule has 2 heteroatoms. The van der Waals surface area contributed by atoms with E-state index in [2.05, 4.69) is 6.58 Å². The Balaban J connectivity index is 1.96. The van der Waals surface area contributed by atoms with Gasteiger partial charge in [0.15, 0.2) is 0 Å². The number of aliphatic hydroxyl groups excluding tert-OH is 1. The average molecular weight is 190 g/mol. The predicted molar refractivity (Wildman–Crippen MR) is 54.9 cm³/mol. The minimum Gasteiger partial charge on any atom is -0.390 e. The predicted octanol–water partition coefficient (Wildman–Crippen LogP) is 2.06. The molecule has 14 heavy (non-hydrogen) atoms. The van der Waals surface area contributed by atoms with E-state index in [-0.39, 0.29) is 12.2 Å². The van der Waals surface area contributed by atoms with Crippen molar-refractivity contribution in [3.05, 3.63) is 48.6 Å². The maximum atomic E-state index is 9.62. The highest BCUT2D eigenvalue weighted by atomic mass is 16.6. The third kappa shape index (κ3) is 1.86. The Morgan fingerprint density at radius 2 is 2.14 bits per heavy atom. The van der Waals surface area contributed by atoms with E-state index in [0.29, 0.717) is 6.42 Å². The molecule has 1 fully saturated rings. The first-order valence-electron chi connectivity index (χ1n) is 4.82. The Kier molecular flexibility index (Phi) is 2.66. The fourth-order valence-corrected chi connectivity index (χ4v) is 1.63. The van der Waals surface area contributed by atoms with Gasteiger partial charge in [0.25, 0.3) is 0 Å². The number of epoxide rings is 1. The van der Waals surface area contributed by atoms with Gasteiger partial charge in [0.2, 0.25) is 0 Å². The summed E-state index contributed by atoms with van der Waals surface area (Å²) in [5, 5.41) is 9.62. The topological polar surface area (TPSA) is 32.8 Å². The van der Waals surface area contributed by atoms with Gasteiger partial charge in [-0.25, -0.2) is 0 Å². The molecule has 1 aliphatic rings. The highest BCUT2D eigenvalue weighted by Crippen LogP contribution is 2.41. The standard InChI is InChI=1S/C12H14O2/c1-2-6-10(13)12-11(14-12)9-7-4-3-5-8-9/h2-5,7-8,10-13H,1,6H2/t10-,11+,12+/m1/s1. The summed E-state index contributed by atoms with van der Waals surface area (Å²) in [6.45, 7) is 3.59. The Morgan fingerprint density at radius 3 is 2.79 bits per heavy atom. The van der Waals surface area contributed by atoms with Crippen LogP contribution in [0.15, 0.2) is 43.0 Å². The molecule has 0 spiro atoms. The lowest BCUT2D eigenvalue weighted by Crippen LogP contribution is -2.13. The second kappa shape index (κ2) is 3.95. The van der Waals surface area contributed by atoms with Crippen LogP contribution in [0.5, 0.6) is 0 Å². The van der Waals surface area contributed by atoms with Crippen molar-refractivity contribution in [1.82, 2.24) is 0 Å². The zero-order valence-corrected chi connectivity index (χ0v) is 7.97. The lowest BCUT2D eigenvalue weighted by atomic mass is 10.1. The van der Waals surface area contributed by atoms with Crippen LogP contribution in [0.1, 0.15) is 18.1 Å². The minimum atomic E-state index is -0.419. The Labute approximate surface area is 83.8 Å². The highest BCUT2D eigenvalue weighted by Gasteiger charge is 2.44. The SMILES string of the molecule is C=CC[C@@H](O)[C@@H]1O[C@H]1c1ccccc1. The molecule has 0 aliphatic carbocycles. The molecule has 1 aromatic rings. The molecule has 0 aromatic heterocycles. The quantitative estimate of drug-likeness (QED) is 0.582. The second-order valence-corrected chi connectivity index (χ2v) is 3.52. The van der Waals surface area contributed by atoms with Crippen LogP contribution < -0.4 is 0 Å². The van der Waals surface area contributed by atoms with Gasteiger partial charge >= 0.3 is 0 Å². The molecule has 0 unspecified atom stereocenters. The number of ether oxygens (including phenoxy) is 1. The van der Waals surface area contributed by atoms with Crippen molar-refractivity contribution in [2.24, 2.45) is 0 Å². The number of hydrogen-bond donors (Lipinski definition) is 1. The molecule has 1 heterocycles. The highest BCUT2D eigenvalue weighted by molar-refractivity contribution is 5.23. The van der Waals surface area contributed by atoms with Gasteiger partial charge < -0.3 is 9.84 Å². The van der Waals surface area contributed by atoms with E-state index in [1.54, 1.807) is 6.08 Å². The molecule has 1 saturated heterocycles. The van der Waals surface area contributed by atoms with Crippen LogP contribution in [0.2, 0.25) is 0 Å². The molecule has 2 nitrogen and oxygen atoms in total. The zero-order valence-electron chi connectivity index (χ0n) is 7.97. The fourth-order valence-electron chi connectivity index (χ4n) is 1.63. The summed E-state index contributed by atoms with van der Waals surface area (Å²) in [7, 11) is 0. The molecule has 1 aliphatic heterocycles. The Bertz CT molecular complexity index is 307. The van der Waals surface area contributed by atoms with Crippen LogP contribution in [0.25, 0.3) is 0 Å². The summed E-state index contributed by atoms with van der Waals surface area (Å²) in [5.74, 6) is 0. The molecule has 2 rings (SSSR count). The van der Waals surface area contributed by atoms with Gasteiger partial charge in [-0.2, -0.15) is 0 Å². The van der Waals surface area contributed by atoms with Crippen molar-refractivity contribution in [2.75, 3.05) is 0 Å². The van der Waals surface area contributed by atoms with E-state index in [1.165, 1.54) is 0 Å².